The van der Waals surface area contributed by atoms with Gasteiger partial charge < -0.3 is 16.2 Å². The number of benzene rings is 1. The third-order valence-electron chi connectivity index (χ3n) is 4.16. The predicted molar refractivity (Wildman–Crippen MR) is 91.1 cm³/mol. The zero-order valence-corrected chi connectivity index (χ0v) is 13.6. The Hall–Kier alpha value is -3.42. The van der Waals surface area contributed by atoms with Gasteiger partial charge in [0.25, 0.3) is 5.91 Å². The number of carbonyl (C=O) groups is 1. The van der Waals surface area contributed by atoms with Gasteiger partial charge >= 0.3 is 6.01 Å². The molecule has 0 radical (unpaired) electrons. The normalized spacial score (nSPS) is 12.4. The molecule has 8 heteroatoms. The third-order valence-corrected chi connectivity index (χ3v) is 4.16. The Morgan fingerprint density at radius 3 is 2.92 bits per heavy atom. The van der Waals surface area contributed by atoms with Crippen LogP contribution in [0.5, 0.6) is 11.8 Å². The summed E-state index contributed by atoms with van der Waals surface area (Å²) in [5, 5.41) is 4.24. The van der Waals surface area contributed by atoms with Crippen molar-refractivity contribution < 1.29 is 9.53 Å². The largest absolute Gasteiger partial charge is 0.424 e. The second kappa shape index (κ2) is 5.59. The first-order valence-electron chi connectivity index (χ1n) is 7.78. The van der Waals surface area contributed by atoms with E-state index in [9.17, 15) is 4.79 Å². The Kier molecular flexibility index (Phi) is 3.38. The fraction of sp³-hybridized carbons (Fsp3) is 0.176. The Morgan fingerprint density at radius 2 is 2.16 bits per heavy atom. The molecule has 8 nitrogen and oxygen atoms in total. The number of hydrogen-bond acceptors (Lipinski definition) is 6. The summed E-state index contributed by atoms with van der Waals surface area (Å²) >= 11 is 0. The van der Waals surface area contributed by atoms with Crippen molar-refractivity contribution in [1.29, 1.82) is 0 Å². The molecule has 1 aliphatic carbocycles. The quantitative estimate of drug-likeness (QED) is 0.698. The van der Waals surface area contributed by atoms with Gasteiger partial charge in [0.1, 0.15) is 5.75 Å². The average Bonchev–Trinajstić information content (AvgIpc) is 2.92. The Balaban J connectivity index is 1.77. The average molecular weight is 336 g/mol. The van der Waals surface area contributed by atoms with Crippen LogP contribution < -0.4 is 16.2 Å². The second-order valence-corrected chi connectivity index (χ2v) is 5.86. The Labute approximate surface area is 143 Å². The van der Waals surface area contributed by atoms with Crippen LogP contribution in [0.1, 0.15) is 21.6 Å². The third kappa shape index (κ3) is 2.57. The smallest absolute Gasteiger partial charge is 0.322 e. The minimum absolute atomic E-state index is 0.207. The molecule has 0 spiro atoms. The number of nitrogens with zero attached hydrogens (tertiary/aromatic N) is 4. The van der Waals surface area contributed by atoms with Crippen LogP contribution >= 0.6 is 0 Å². The van der Waals surface area contributed by atoms with Crippen molar-refractivity contribution in [3.05, 3.63) is 47.3 Å². The number of anilines is 1. The number of rotatable bonds is 3. The maximum absolute atomic E-state index is 11.6. The Bertz CT molecular complexity index is 995. The minimum atomic E-state index is -0.536. The van der Waals surface area contributed by atoms with Crippen molar-refractivity contribution in [1.82, 2.24) is 19.7 Å². The molecule has 4 rings (SSSR count). The highest BCUT2D eigenvalue weighted by atomic mass is 16.5. The molecule has 0 fully saturated rings. The summed E-state index contributed by atoms with van der Waals surface area (Å²) in [6.45, 7) is 0. The number of fused-ring (bicyclic) bond motifs is 3. The van der Waals surface area contributed by atoms with Crippen LogP contribution in [0.3, 0.4) is 0 Å². The summed E-state index contributed by atoms with van der Waals surface area (Å²) in [6, 6.07) is 7.25. The van der Waals surface area contributed by atoms with Crippen LogP contribution in [0.15, 0.2) is 30.5 Å². The van der Waals surface area contributed by atoms with E-state index in [1.807, 2.05) is 0 Å². The number of carbonyl (C=O) groups excluding carboxylic acids is 1. The molecule has 0 aliphatic heterocycles. The molecule has 1 amide bonds. The van der Waals surface area contributed by atoms with E-state index in [2.05, 4.69) is 15.1 Å². The molecule has 1 aromatic carbocycles. The van der Waals surface area contributed by atoms with E-state index in [1.165, 1.54) is 0 Å². The number of primary amides is 1. The lowest BCUT2D eigenvalue weighted by molar-refractivity contribution is 0.0994. The summed E-state index contributed by atoms with van der Waals surface area (Å²) in [5.41, 5.74) is 15.4. The maximum Gasteiger partial charge on any atom is 0.322 e. The van der Waals surface area contributed by atoms with E-state index in [4.69, 9.17) is 16.2 Å². The van der Waals surface area contributed by atoms with Gasteiger partial charge in [-0.05, 0) is 30.5 Å². The lowest BCUT2D eigenvalue weighted by atomic mass is 9.93. The standard InChI is InChI=1S/C17H16N6O2/c1-23-15-12(14(22-23)16(19)24)6-5-9-8-20-17(21-13(9)15)25-11-4-2-3-10(18)7-11/h2-4,7-8H,5-6,18H2,1H3,(H2,19,24). The van der Waals surface area contributed by atoms with Crippen molar-refractivity contribution >= 4 is 11.6 Å². The van der Waals surface area contributed by atoms with Crippen LogP contribution in [0.2, 0.25) is 0 Å². The van der Waals surface area contributed by atoms with E-state index in [0.717, 1.165) is 16.8 Å². The fourth-order valence-electron chi connectivity index (χ4n) is 3.07. The second-order valence-electron chi connectivity index (χ2n) is 5.86. The van der Waals surface area contributed by atoms with Gasteiger partial charge in [0.2, 0.25) is 0 Å². The minimum Gasteiger partial charge on any atom is -0.424 e. The molecule has 0 bridgehead atoms. The first kappa shape index (κ1) is 15.1. The van der Waals surface area contributed by atoms with E-state index >= 15 is 0 Å². The number of ether oxygens (including phenoxy) is 1. The molecular formula is C17H16N6O2. The van der Waals surface area contributed by atoms with Gasteiger partial charge in [0, 0.05) is 30.6 Å². The molecule has 25 heavy (non-hydrogen) atoms. The first-order valence-corrected chi connectivity index (χ1v) is 7.78. The monoisotopic (exact) mass is 336 g/mol. The van der Waals surface area contributed by atoms with Crippen molar-refractivity contribution in [2.24, 2.45) is 12.8 Å². The number of hydrogen-bond donors (Lipinski definition) is 2. The van der Waals surface area contributed by atoms with Crippen LogP contribution in [-0.4, -0.2) is 25.7 Å². The van der Waals surface area contributed by atoms with Gasteiger partial charge in [-0.15, -0.1) is 0 Å². The topological polar surface area (TPSA) is 122 Å². The maximum atomic E-state index is 11.6. The zero-order valence-electron chi connectivity index (χ0n) is 13.6. The van der Waals surface area contributed by atoms with Crippen molar-refractivity contribution in [2.45, 2.75) is 12.8 Å². The van der Waals surface area contributed by atoms with Gasteiger partial charge in [-0.1, -0.05) is 6.07 Å². The summed E-state index contributed by atoms with van der Waals surface area (Å²) in [6.07, 6.45) is 3.13. The summed E-state index contributed by atoms with van der Waals surface area (Å²) in [5.74, 6) is 0.0180. The highest BCUT2D eigenvalue weighted by Gasteiger charge is 2.28. The lowest BCUT2D eigenvalue weighted by Gasteiger charge is -2.17. The van der Waals surface area contributed by atoms with Gasteiger partial charge in [-0.2, -0.15) is 10.1 Å². The summed E-state index contributed by atoms with van der Waals surface area (Å²) < 4.78 is 7.34. The molecule has 0 saturated carbocycles. The van der Waals surface area contributed by atoms with Crippen LogP contribution in [0.4, 0.5) is 5.69 Å². The molecule has 1 aliphatic rings. The highest BCUT2D eigenvalue weighted by molar-refractivity contribution is 5.94. The predicted octanol–water partition coefficient (Wildman–Crippen LogP) is 1.45. The van der Waals surface area contributed by atoms with Gasteiger partial charge in [-0.3, -0.25) is 9.48 Å². The lowest BCUT2D eigenvalue weighted by Crippen LogP contribution is -2.15. The molecule has 2 heterocycles. The van der Waals surface area contributed by atoms with Crippen molar-refractivity contribution in [3.8, 4) is 23.1 Å². The summed E-state index contributed by atoms with van der Waals surface area (Å²) in [7, 11) is 1.76. The molecule has 4 N–H and O–H groups in total. The number of aromatic nitrogens is 4. The number of amides is 1. The molecular weight excluding hydrogens is 320 g/mol. The molecule has 0 atom stereocenters. The highest BCUT2D eigenvalue weighted by Crippen LogP contribution is 2.34. The van der Waals surface area contributed by atoms with Crippen LogP contribution in [0.25, 0.3) is 11.4 Å². The SMILES string of the molecule is Cn1nc(C(N)=O)c2c1-c1nc(Oc3cccc(N)c3)ncc1CC2. The molecule has 3 aromatic rings. The van der Waals surface area contributed by atoms with Gasteiger partial charge in [0.05, 0.1) is 11.4 Å². The Morgan fingerprint density at radius 1 is 1.32 bits per heavy atom. The first-order chi connectivity index (χ1) is 12.0. The summed E-state index contributed by atoms with van der Waals surface area (Å²) in [4.78, 5) is 20.4. The fourth-order valence-corrected chi connectivity index (χ4v) is 3.07. The number of nitrogens with two attached hydrogens (primary N) is 2. The number of aryl methyl sites for hydroxylation is 2. The van der Waals surface area contributed by atoms with E-state index < -0.39 is 5.91 Å². The van der Waals surface area contributed by atoms with Crippen molar-refractivity contribution in [3.63, 3.8) is 0 Å². The van der Waals surface area contributed by atoms with Gasteiger partial charge in [0.15, 0.2) is 5.69 Å². The zero-order chi connectivity index (χ0) is 17.6. The van der Waals surface area contributed by atoms with Crippen LogP contribution in [0, 0.1) is 0 Å². The van der Waals surface area contributed by atoms with Gasteiger partial charge in [-0.25, -0.2) is 4.98 Å². The number of nitrogen functional groups attached to an aromatic ring is 1. The van der Waals surface area contributed by atoms with E-state index in [0.29, 0.717) is 35.7 Å². The molecule has 126 valence electrons. The molecule has 2 aromatic heterocycles. The molecule has 0 saturated heterocycles. The van der Waals surface area contributed by atoms with E-state index in [-0.39, 0.29) is 6.01 Å². The van der Waals surface area contributed by atoms with Crippen LogP contribution in [-0.2, 0) is 19.9 Å². The molecule has 0 unspecified atom stereocenters. The van der Waals surface area contributed by atoms with Crippen molar-refractivity contribution in [2.75, 3.05) is 5.73 Å². The van der Waals surface area contributed by atoms with E-state index in [1.54, 1.807) is 42.2 Å².